The zero-order valence-electron chi connectivity index (χ0n) is 9.13. The first-order chi connectivity index (χ1) is 8.01. The van der Waals surface area contributed by atoms with Crippen molar-refractivity contribution < 1.29 is 29.2 Å². The second-order valence-electron chi connectivity index (χ2n) is 3.43. The quantitative estimate of drug-likeness (QED) is 0.649. The largest absolute Gasteiger partial charge is 0.465 e. The van der Waals surface area contributed by atoms with E-state index in [1.807, 2.05) is 0 Å². The monoisotopic (exact) mass is 244 g/mol. The number of carbonyl (C=O) groups is 1. The Balaban J connectivity index is 3.00. The predicted molar refractivity (Wildman–Crippen MR) is 55.8 cm³/mol. The van der Waals surface area contributed by atoms with E-state index in [9.17, 15) is 19.4 Å². The molecule has 0 bridgehead atoms. The molecule has 1 rings (SSSR count). The van der Waals surface area contributed by atoms with Crippen molar-refractivity contribution in [2.75, 3.05) is 13.7 Å². The van der Waals surface area contributed by atoms with E-state index in [-0.39, 0.29) is 11.1 Å². The number of halogens is 1. The van der Waals surface area contributed by atoms with Crippen molar-refractivity contribution in [1.82, 2.24) is 0 Å². The van der Waals surface area contributed by atoms with E-state index in [1.165, 1.54) is 6.07 Å². The molecular weight excluding hydrogens is 231 g/mol. The molecule has 0 aliphatic rings. The van der Waals surface area contributed by atoms with Gasteiger partial charge in [0.25, 0.3) is 0 Å². The zero-order chi connectivity index (χ0) is 13.0. The van der Waals surface area contributed by atoms with Crippen LogP contribution in [0.2, 0.25) is 0 Å². The summed E-state index contributed by atoms with van der Waals surface area (Å²) in [5, 5.41) is 27.3. The highest BCUT2D eigenvalue weighted by Crippen LogP contribution is 2.20. The lowest BCUT2D eigenvalue weighted by Gasteiger charge is -2.16. The highest BCUT2D eigenvalue weighted by Gasteiger charge is 2.20. The summed E-state index contributed by atoms with van der Waals surface area (Å²) in [4.78, 5) is 11.1. The lowest BCUT2D eigenvalue weighted by molar-refractivity contribution is -0.0154. The molecule has 0 aliphatic carbocycles. The normalized spacial score (nSPS) is 14.2. The van der Waals surface area contributed by atoms with Gasteiger partial charge in [0.2, 0.25) is 0 Å². The fourth-order valence-electron chi connectivity index (χ4n) is 1.31. The minimum Gasteiger partial charge on any atom is -0.465 e. The first-order valence-corrected chi connectivity index (χ1v) is 4.86. The third-order valence-corrected chi connectivity index (χ3v) is 2.29. The van der Waals surface area contributed by atoms with Crippen molar-refractivity contribution in [2.45, 2.75) is 12.2 Å². The Labute approximate surface area is 97.1 Å². The predicted octanol–water partition coefficient (Wildman–Crippen LogP) is -0.00110. The third kappa shape index (κ3) is 3.00. The van der Waals surface area contributed by atoms with Gasteiger partial charge < -0.3 is 20.1 Å². The van der Waals surface area contributed by atoms with Crippen molar-refractivity contribution in [1.29, 1.82) is 0 Å². The van der Waals surface area contributed by atoms with Crippen molar-refractivity contribution in [2.24, 2.45) is 0 Å². The molecule has 0 aliphatic heterocycles. The van der Waals surface area contributed by atoms with Gasteiger partial charge in [-0.1, -0.05) is 6.07 Å². The highest BCUT2D eigenvalue weighted by atomic mass is 19.1. The van der Waals surface area contributed by atoms with Gasteiger partial charge >= 0.3 is 5.97 Å². The van der Waals surface area contributed by atoms with Gasteiger partial charge in [-0.3, -0.25) is 0 Å². The number of hydrogen-bond acceptors (Lipinski definition) is 5. The smallest absolute Gasteiger partial charge is 0.340 e. The van der Waals surface area contributed by atoms with Gasteiger partial charge in [0.15, 0.2) is 0 Å². The van der Waals surface area contributed by atoms with E-state index in [1.54, 1.807) is 0 Å². The van der Waals surface area contributed by atoms with Gasteiger partial charge in [-0.2, -0.15) is 0 Å². The lowest BCUT2D eigenvalue weighted by atomic mass is 10.0. The average molecular weight is 244 g/mol. The van der Waals surface area contributed by atoms with E-state index in [4.69, 9.17) is 5.11 Å². The molecular formula is C11H13FO5. The van der Waals surface area contributed by atoms with Gasteiger partial charge in [0, 0.05) is 0 Å². The molecule has 0 fully saturated rings. The van der Waals surface area contributed by atoms with E-state index in [0.717, 1.165) is 19.2 Å². The number of esters is 1. The Kier molecular flexibility index (Phi) is 4.56. The number of aliphatic hydroxyl groups is 3. The number of methoxy groups -OCH3 is 1. The van der Waals surface area contributed by atoms with Crippen LogP contribution in [0.3, 0.4) is 0 Å². The van der Waals surface area contributed by atoms with E-state index in [0.29, 0.717) is 0 Å². The van der Waals surface area contributed by atoms with Gasteiger partial charge in [0.1, 0.15) is 18.0 Å². The summed E-state index contributed by atoms with van der Waals surface area (Å²) < 4.78 is 17.8. The molecule has 0 heterocycles. The number of aliphatic hydroxyl groups excluding tert-OH is 3. The summed E-state index contributed by atoms with van der Waals surface area (Å²) in [6, 6.07) is 3.33. The van der Waals surface area contributed by atoms with Gasteiger partial charge in [-0.15, -0.1) is 0 Å². The maximum Gasteiger partial charge on any atom is 0.340 e. The van der Waals surface area contributed by atoms with E-state index < -0.39 is 30.6 Å². The number of benzene rings is 1. The summed E-state index contributed by atoms with van der Waals surface area (Å²) in [5.74, 6) is -1.69. The number of hydrogen-bond donors (Lipinski definition) is 3. The Hall–Kier alpha value is -1.50. The Bertz CT molecular complexity index is 407. The molecule has 94 valence electrons. The standard InChI is InChI=1S/C11H13FO5/c1-17-11(16)7-3-2-6(4-8(7)12)10(15)9(14)5-13/h2-4,9-10,13-15H,5H2,1H3. The fraction of sp³-hybridized carbons (Fsp3) is 0.364. The molecule has 3 N–H and O–H groups in total. The van der Waals surface area contributed by atoms with Crippen LogP contribution in [0.5, 0.6) is 0 Å². The zero-order valence-corrected chi connectivity index (χ0v) is 9.13. The average Bonchev–Trinajstić information content (AvgIpc) is 2.35. The molecule has 1 aromatic rings. The number of ether oxygens (including phenoxy) is 1. The summed E-state index contributed by atoms with van der Waals surface area (Å²) in [6.45, 7) is -0.651. The van der Waals surface area contributed by atoms with Crippen LogP contribution < -0.4 is 0 Å². The maximum atomic E-state index is 13.5. The molecule has 2 atom stereocenters. The summed E-state index contributed by atoms with van der Waals surface area (Å²) in [6.07, 6.45) is -2.82. The van der Waals surface area contributed by atoms with Crippen molar-refractivity contribution in [3.8, 4) is 0 Å². The number of carbonyl (C=O) groups excluding carboxylic acids is 1. The van der Waals surface area contributed by atoms with Crippen LogP contribution in [0.25, 0.3) is 0 Å². The SMILES string of the molecule is COC(=O)c1ccc(C(O)C(O)CO)cc1F. The minimum absolute atomic E-state index is 0.0664. The summed E-state index contributed by atoms with van der Waals surface area (Å²) in [7, 11) is 1.13. The highest BCUT2D eigenvalue weighted by molar-refractivity contribution is 5.89. The lowest BCUT2D eigenvalue weighted by Crippen LogP contribution is -2.22. The van der Waals surface area contributed by atoms with Crippen LogP contribution in [0.15, 0.2) is 18.2 Å². The van der Waals surface area contributed by atoms with Gasteiger partial charge in [-0.25, -0.2) is 9.18 Å². The van der Waals surface area contributed by atoms with Crippen LogP contribution in [-0.2, 0) is 4.74 Å². The molecule has 0 radical (unpaired) electrons. The Morgan fingerprint density at radius 3 is 2.59 bits per heavy atom. The topological polar surface area (TPSA) is 87.0 Å². The van der Waals surface area contributed by atoms with E-state index >= 15 is 0 Å². The molecule has 0 spiro atoms. The van der Waals surface area contributed by atoms with Crippen LogP contribution in [0.4, 0.5) is 4.39 Å². The van der Waals surface area contributed by atoms with Crippen LogP contribution >= 0.6 is 0 Å². The van der Waals surface area contributed by atoms with Gasteiger partial charge in [0.05, 0.1) is 19.3 Å². The van der Waals surface area contributed by atoms with E-state index in [2.05, 4.69) is 4.74 Å². The molecule has 17 heavy (non-hydrogen) atoms. The third-order valence-electron chi connectivity index (χ3n) is 2.29. The van der Waals surface area contributed by atoms with Crippen molar-refractivity contribution in [3.63, 3.8) is 0 Å². The minimum atomic E-state index is -1.42. The molecule has 0 saturated carbocycles. The molecule has 0 aromatic heterocycles. The molecule has 2 unspecified atom stereocenters. The molecule has 1 aromatic carbocycles. The van der Waals surface area contributed by atoms with Crippen molar-refractivity contribution >= 4 is 5.97 Å². The van der Waals surface area contributed by atoms with Gasteiger partial charge in [-0.05, 0) is 17.7 Å². The number of rotatable bonds is 4. The summed E-state index contributed by atoms with van der Waals surface area (Å²) >= 11 is 0. The molecule has 6 heteroatoms. The first-order valence-electron chi connectivity index (χ1n) is 4.86. The second kappa shape index (κ2) is 5.72. The van der Waals surface area contributed by atoms with Crippen LogP contribution in [0.1, 0.15) is 22.0 Å². The first kappa shape index (κ1) is 13.6. The Morgan fingerprint density at radius 1 is 1.47 bits per heavy atom. The van der Waals surface area contributed by atoms with Crippen molar-refractivity contribution in [3.05, 3.63) is 35.1 Å². The Morgan fingerprint density at radius 2 is 2.12 bits per heavy atom. The fourth-order valence-corrected chi connectivity index (χ4v) is 1.31. The molecule has 0 amide bonds. The van der Waals surface area contributed by atoms with Crippen LogP contribution in [0, 0.1) is 5.82 Å². The molecule has 0 saturated heterocycles. The second-order valence-corrected chi connectivity index (χ2v) is 3.43. The molecule has 5 nitrogen and oxygen atoms in total. The maximum absolute atomic E-state index is 13.5. The summed E-state index contributed by atoms with van der Waals surface area (Å²) in [5.41, 5.74) is -0.196. The van der Waals surface area contributed by atoms with Crippen LogP contribution in [-0.4, -0.2) is 41.1 Å².